The number of nitrogens with zero attached hydrogens (tertiary/aromatic N) is 1. The van der Waals surface area contributed by atoms with Gasteiger partial charge in [-0.15, -0.1) is 0 Å². The molecule has 0 spiro atoms. The Morgan fingerprint density at radius 1 is 1.44 bits per heavy atom. The van der Waals surface area contributed by atoms with Crippen LogP contribution >= 0.6 is 0 Å². The molecule has 3 heteroatoms. The molecule has 0 aliphatic rings. The lowest BCUT2D eigenvalue weighted by atomic mass is 10.2. The average Bonchev–Trinajstić information content (AvgIpc) is 2.34. The highest BCUT2D eigenvalue weighted by molar-refractivity contribution is 5.91. The molecule has 0 aliphatic carbocycles. The van der Waals surface area contributed by atoms with Gasteiger partial charge in [-0.1, -0.05) is 43.0 Å². The molecule has 0 saturated carbocycles. The number of carbonyl (C=O) groups is 1. The topological polar surface area (TPSA) is 50.1 Å². The molecule has 0 amide bonds. The molecule has 0 saturated heterocycles. The molecule has 0 radical (unpaired) electrons. The lowest BCUT2D eigenvalue weighted by Gasteiger charge is -1.98. The molecule has 0 aromatic heterocycles. The Labute approximate surface area is 94.3 Å². The first-order valence-corrected chi connectivity index (χ1v) is 4.72. The van der Waals surface area contributed by atoms with Gasteiger partial charge in [0.05, 0.1) is 0 Å². The molecule has 0 atom stereocenters. The van der Waals surface area contributed by atoms with Crippen molar-refractivity contribution in [2.45, 2.75) is 0 Å². The number of carbonyl (C=O) groups excluding carboxylic acids is 1. The fraction of sp³-hybridized carbons (Fsp3) is 0.0769. The van der Waals surface area contributed by atoms with E-state index < -0.39 is 5.97 Å². The Hall–Kier alpha value is -2.34. The van der Waals surface area contributed by atoms with Gasteiger partial charge in [-0.05, 0) is 11.6 Å². The standard InChI is InChI=1S/C13H11NO2/c1-11(10-14)13(15)16-9-5-8-12-6-3-2-4-7-12/h2-8H,1,9H2. The highest BCUT2D eigenvalue weighted by Gasteiger charge is 2.04. The molecule has 80 valence electrons. The Balaban J connectivity index is 2.37. The van der Waals surface area contributed by atoms with Crippen LogP contribution in [0.25, 0.3) is 6.08 Å². The van der Waals surface area contributed by atoms with E-state index in [2.05, 4.69) is 6.58 Å². The van der Waals surface area contributed by atoms with Crippen molar-refractivity contribution < 1.29 is 9.53 Å². The number of rotatable bonds is 4. The molecule has 1 aromatic carbocycles. The van der Waals surface area contributed by atoms with Crippen LogP contribution in [0, 0.1) is 11.3 Å². The quantitative estimate of drug-likeness (QED) is 0.438. The first-order valence-electron chi connectivity index (χ1n) is 4.72. The SMILES string of the molecule is C=C(C#N)C(=O)OCC=Cc1ccccc1. The Morgan fingerprint density at radius 3 is 2.75 bits per heavy atom. The zero-order valence-electron chi connectivity index (χ0n) is 8.72. The van der Waals surface area contributed by atoms with Crippen molar-refractivity contribution in [3.63, 3.8) is 0 Å². The van der Waals surface area contributed by atoms with E-state index in [1.807, 2.05) is 36.4 Å². The van der Waals surface area contributed by atoms with Gasteiger partial charge in [0, 0.05) is 0 Å². The van der Waals surface area contributed by atoms with E-state index in [1.54, 1.807) is 12.1 Å². The second-order valence-electron chi connectivity index (χ2n) is 3.00. The van der Waals surface area contributed by atoms with Crippen molar-refractivity contribution in [3.05, 3.63) is 54.1 Å². The highest BCUT2D eigenvalue weighted by atomic mass is 16.5. The molecule has 0 heterocycles. The predicted molar refractivity (Wildman–Crippen MR) is 61.2 cm³/mol. The molecular formula is C13H11NO2. The largest absolute Gasteiger partial charge is 0.457 e. The number of hydrogen-bond donors (Lipinski definition) is 0. The monoisotopic (exact) mass is 213 g/mol. The molecular weight excluding hydrogens is 202 g/mol. The van der Waals surface area contributed by atoms with Crippen LogP contribution in [0.3, 0.4) is 0 Å². The van der Waals surface area contributed by atoms with Crippen LogP contribution in [-0.4, -0.2) is 12.6 Å². The number of esters is 1. The minimum atomic E-state index is -0.680. The van der Waals surface area contributed by atoms with Gasteiger partial charge in [-0.25, -0.2) is 4.79 Å². The summed E-state index contributed by atoms with van der Waals surface area (Å²) in [5, 5.41) is 8.37. The third-order valence-electron chi connectivity index (χ3n) is 1.80. The van der Waals surface area contributed by atoms with Gasteiger partial charge in [-0.3, -0.25) is 0 Å². The molecule has 1 aromatic rings. The summed E-state index contributed by atoms with van der Waals surface area (Å²) in [6, 6.07) is 11.3. The van der Waals surface area contributed by atoms with E-state index in [1.165, 1.54) is 0 Å². The second kappa shape index (κ2) is 6.20. The summed E-state index contributed by atoms with van der Waals surface area (Å²) in [6.07, 6.45) is 3.54. The average molecular weight is 213 g/mol. The number of benzene rings is 1. The zero-order valence-corrected chi connectivity index (χ0v) is 8.72. The van der Waals surface area contributed by atoms with Crippen LogP contribution in [-0.2, 0) is 9.53 Å². The van der Waals surface area contributed by atoms with Crippen LogP contribution < -0.4 is 0 Å². The molecule has 16 heavy (non-hydrogen) atoms. The van der Waals surface area contributed by atoms with Gasteiger partial charge in [0.1, 0.15) is 18.2 Å². The molecule has 0 bridgehead atoms. The lowest BCUT2D eigenvalue weighted by Crippen LogP contribution is -2.05. The van der Waals surface area contributed by atoms with Crippen molar-refractivity contribution in [1.82, 2.24) is 0 Å². The highest BCUT2D eigenvalue weighted by Crippen LogP contribution is 2.01. The molecule has 0 unspecified atom stereocenters. The van der Waals surface area contributed by atoms with Crippen LogP contribution in [0.4, 0.5) is 0 Å². The summed E-state index contributed by atoms with van der Waals surface area (Å²) in [7, 11) is 0. The van der Waals surface area contributed by atoms with E-state index in [0.29, 0.717) is 0 Å². The Bertz CT molecular complexity index is 441. The summed E-state index contributed by atoms with van der Waals surface area (Å²) in [4.78, 5) is 11.0. The van der Waals surface area contributed by atoms with Crippen LogP contribution in [0.2, 0.25) is 0 Å². The van der Waals surface area contributed by atoms with Gasteiger partial charge < -0.3 is 4.74 Å². The molecule has 0 fully saturated rings. The maximum atomic E-state index is 11.0. The van der Waals surface area contributed by atoms with Crippen LogP contribution in [0.15, 0.2) is 48.6 Å². The van der Waals surface area contributed by atoms with Gasteiger partial charge >= 0.3 is 5.97 Å². The van der Waals surface area contributed by atoms with Gasteiger partial charge in [0.2, 0.25) is 0 Å². The second-order valence-corrected chi connectivity index (χ2v) is 3.00. The number of hydrogen-bond acceptors (Lipinski definition) is 3. The van der Waals surface area contributed by atoms with Gasteiger partial charge in [-0.2, -0.15) is 5.26 Å². The van der Waals surface area contributed by atoms with E-state index in [0.717, 1.165) is 5.56 Å². The Morgan fingerprint density at radius 2 is 2.12 bits per heavy atom. The van der Waals surface area contributed by atoms with Gasteiger partial charge in [0.15, 0.2) is 0 Å². The van der Waals surface area contributed by atoms with Crippen LogP contribution in [0.5, 0.6) is 0 Å². The van der Waals surface area contributed by atoms with Crippen molar-refractivity contribution in [1.29, 1.82) is 5.26 Å². The van der Waals surface area contributed by atoms with Crippen molar-refractivity contribution in [2.75, 3.05) is 6.61 Å². The number of ether oxygens (including phenoxy) is 1. The molecule has 0 aliphatic heterocycles. The smallest absolute Gasteiger partial charge is 0.348 e. The third kappa shape index (κ3) is 3.81. The fourth-order valence-electron chi connectivity index (χ4n) is 1.00. The lowest BCUT2D eigenvalue weighted by molar-refractivity contribution is -0.137. The van der Waals surface area contributed by atoms with E-state index in [4.69, 9.17) is 10.00 Å². The number of nitriles is 1. The molecule has 3 nitrogen and oxygen atoms in total. The predicted octanol–water partition coefficient (Wildman–Crippen LogP) is 2.32. The summed E-state index contributed by atoms with van der Waals surface area (Å²) < 4.78 is 4.77. The van der Waals surface area contributed by atoms with E-state index in [9.17, 15) is 4.79 Å². The molecule has 0 N–H and O–H groups in total. The summed E-state index contributed by atoms with van der Waals surface area (Å²) >= 11 is 0. The summed E-state index contributed by atoms with van der Waals surface area (Å²) in [5.41, 5.74) is 0.839. The first kappa shape index (κ1) is 11.7. The van der Waals surface area contributed by atoms with Crippen molar-refractivity contribution in [3.8, 4) is 6.07 Å². The normalized spacial score (nSPS) is 9.69. The minimum Gasteiger partial charge on any atom is -0.457 e. The Kier molecular flexibility index (Phi) is 4.55. The maximum Gasteiger partial charge on any atom is 0.348 e. The van der Waals surface area contributed by atoms with Gasteiger partial charge in [0.25, 0.3) is 0 Å². The maximum absolute atomic E-state index is 11.0. The summed E-state index contributed by atoms with van der Waals surface area (Å²) in [6.45, 7) is 3.38. The van der Waals surface area contributed by atoms with Crippen molar-refractivity contribution >= 4 is 12.0 Å². The third-order valence-corrected chi connectivity index (χ3v) is 1.80. The summed E-state index contributed by atoms with van der Waals surface area (Å²) in [5.74, 6) is -0.680. The minimum absolute atomic E-state index is 0.133. The van der Waals surface area contributed by atoms with E-state index >= 15 is 0 Å². The van der Waals surface area contributed by atoms with E-state index in [-0.39, 0.29) is 12.2 Å². The van der Waals surface area contributed by atoms with Crippen molar-refractivity contribution in [2.24, 2.45) is 0 Å². The molecule has 1 rings (SSSR count). The first-order chi connectivity index (χ1) is 7.74. The van der Waals surface area contributed by atoms with Crippen LogP contribution in [0.1, 0.15) is 5.56 Å². The zero-order chi connectivity index (χ0) is 11.8. The fourth-order valence-corrected chi connectivity index (χ4v) is 1.00.